The van der Waals surface area contributed by atoms with Crippen LogP contribution in [0.3, 0.4) is 0 Å². The maximum absolute atomic E-state index is 12.1. The highest BCUT2D eigenvalue weighted by molar-refractivity contribution is 9.10. The van der Waals surface area contributed by atoms with Gasteiger partial charge in [-0.15, -0.1) is 0 Å². The molecule has 2 N–H and O–H groups in total. The number of carbonyl (C=O) groups is 1. The monoisotopic (exact) mass is 416 g/mol. The van der Waals surface area contributed by atoms with E-state index in [0.29, 0.717) is 21.3 Å². The van der Waals surface area contributed by atoms with E-state index in [1.165, 1.54) is 0 Å². The predicted molar refractivity (Wildman–Crippen MR) is 99.0 cm³/mol. The Kier molecular flexibility index (Phi) is 5.81. The maximum Gasteiger partial charge on any atom is 0.257 e. The van der Waals surface area contributed by atoms with Crippen molar-refractivity contribution >= 4 is 68.1 Å². The second-order valence-corrected chi connectivity index (χ2v) is 6.60. The van der Waals surface area contributed by atoms with Crippen LogP contribution < -0.4 is 10.6 Å². The number of halogens is 3. The van der Waals surface area contributed by atoms with E-state index in [9.17, 15) is 4.79 Å². The van der Waals surface area contributed by atoms with Crippen LogP contribution in [0.2, 0.25) is 10.0 Å². The summed E-state index contributed by atoms with van der Waals surface area (Å²) in [5.74, 6) is -0.303. The van der Waals surface area contributed by atoms with Gasteiger partial charge in [0.05, 0.1) is 10.7 Å². The van der Waals surface area contributed by atoms with Crippen LogP contribution in [-0.4, -0.2) is 11.0 Å². The van der Waals surface area contributed by atoms with Crippen LogP contribution in [0.1, 0.15) is 15.9 Å². The first kappa shape index (κ1) is 17.2. The Labute approximate surface area is 152 Å². The van der Waals surface area contributed by atoms with Gasteiger partial charge in [0.2, 0.25) is 0 Å². The second kappa shape index (κ2) is 7.42. The average molecular weight is 418 g/mol. The first-order valence-corrected chi connectivity index (χ1v) is 8.16. The number of hydrogen-bond donors (Lipinski definition) is 2. The molecule has 0 unspecified atom stereocenters. The van der Waals surface area contributed by atoms with Crippen LogP contribution in [0.25, 0.3) is 0 Å². The summed E-state index contributed by atoms with van der Waals surface area (Å²) in [7, 11) is 0. The van der Waals surface area contributed by atoms with Crippen LogP contribution in [0, 0.1) is 6.92 Å². The number of rotatable bonds is 2. The first-order chi connectivity index (χ1) is 10.4. The molecule has 0 saturated heterocycles. The fraction of sp³-hybridized carbons (Fsp3) is 0.0667. The largest absolute Gasteiger partial charge is 0.331 e. The molecular formula is C15H11BrCl2N2OS. The van der Waals surface area contributed by atoms with Crippen molar-refractivity contribution in [1.29, 1.82) is 0 Å². The number of nitrogens with one attached hydrogen (secondary N) is 2. The number of hydrogen-bond acceptors (Lipinski definition) is 2. The number of aryl methyl sites for hydroxylation is 1. The first-order valence-electron chi connectivity index (χ1n) is 6.20. The van der Waals surface area contributed by atoms with E-state index in [1.807, 2.05) is 13.0 Å². The van der Waals surface area contributed by atoms with Gasteiger partial charge in [-0.3, -0.25) is 10.1 Å². The van der Waals surface area contributed by atoms with Crippen molar-refractivity contribution in [3.8, 4) is 0 Å². The molecule has 0 aromatic heterocycles. The molecule has 0 aliphatic heterocycles. The highest BCUT2D eigenvalue weighted by atomic mass is 79.9. The number of carbonyl (C=O) groups excluding carboxylic acids is 1. The molecule has 0 bridgehead atoms. The zero-order valence-electron chi connectivity index (χ0n) is 11.4. The predicted octanol–water partition coefficient (Wildman–Crippen LogP) is 5.19. The van der Waals surface area contributed by atoms with Gasteiger partial charge in [-0.05, 0) is 55.0 Å². The van der Waals surface area contributed by atoms with Crippen molar-refractivity contribution in [3.63, 3.8) is 0 Å². The summed E-state index contributed by atoms with van der Waals surface area (Å²) in [6.07, 6.45) is 0. The lowest BCUT2D eigenvalue weighted by Crippen LogP contribution is -2.34. The van der Waals surface area contributed by atoms with Crippen LogP contribution in [0.15, 0.2) is 40.9 Å². The Morgan fingerprint density at radius 1 is 1.18 bits per heavy atom. The molecule has 2 rings (SSSR count). The molecule has 2 aromatic rings. The summed E-state index contributed by atoms with van der Waals surface area (Å²) in [5.41, 5.74) is 2.12. The smallest absolute Gasteiger partial charge is 0.257 e. The van der Waals surface area contributed by atoms with Gasteiger partial charge in [0, 0.05) is 15.1 Å². The van der Waals surface area contributed by atoms with Crippen molar-refractivity contribution in [2.24, 2.45) is 0 Å². The molecule has 0 fully saturated rings. The molecule has 1 amide bonds. The van der Waals surface area contributed by atoms with Crippen LogP contribution in [-0.2, 0) is 0 Å². The Morgan fingerprint density at radius 2 is 1.91 bits per heavy atom. The number of thiocarbonyl (C=S) groups is 1. The third-order valence-electron chi connectivity index (χ3n) is 2.84. The molecule has 0 atom stereocenters. The van der Waals surface area contributed by atoms with Gasteiger partial charge in [0.1, 0.15) is 0 Å². The lowest BCUT2D eigenvalue weighted by Gasteiger charge is -2.11. The topological polar surface area (TPSA) is 41.1 Å². The van der Waals surface area contributed by atoms with E-state index >= 15 is 0 Å². The molecule has 0 spiro atoms. The van der Waals surface area contributed by atoms with E-state index in [2.05, 4.69) is 26.6 Å². The summed E-state index contributed by atoms with van der Waals surface area (Å²) in [6.45, 7) is 1.94. The summed E-state index contributed by atoms with van der Waals surface area (Å²) in [5, 5.41) is 6.56. The van der Waals surface area contributed by atoms with E-state index in [0.717, 1.165) is 10.0 Å². The summed E-state index contributed by atoms with van der Waals surface area (Å²) in [6, 6.07) is 10.3. The lowest BCUT2D eigenvalue weighted by atomic mass is 10.1. The van der Waals surface area contributed by atoms with Crippen LogP contribution in [0.5, 0.6) is 0 Å². The summed E-state index contributed by atoms with van der Waals surface area (Å²) >= 11 is 20.4. The third kappa shape index (κ3) is 4.43. The average Bonchev–Trinajstić information content (AvgIpc) is 2.45. The standard InChI is InChI=1S/C15H11BrCl2N2OS/c1-8-2-3-9(6-11(8)16)14(21)20-15(22)19-13-5-4-10(17)7-12(13)18/h2-7H,1H3,(H2,19,20,21,22). The Balaban J connectivity index is 2.05. The van der Waals surface area contributed by atoms with Gasteiger partial charge in [-0.2, -0.15) is 0 Å². The van der Waals surface area contributed by atoms with Crippen LogP contribution in [0.4, 0.5) is 5.69 Å². The molecule has 7 heteroatoms. The van der Waals surface area contributed by atoms with Gasteiger partial charge in [-0.25, -0.2) is 0 Å². The number of anilines is 1. The van der Waals surface area contributed by atoms with Crippen molar-refractivity contribution in [1.82, 2.24) is 5.32 Å². The van der Waals surface area contributed by atoms with Gasteiger partial charge in [0.25, 0.3) is 5.91 Å². The van der Waals surface area contributed by atoms with E-state index in [1.54, 1.807) is 30.3 Å². The normalized spacial score (nSPS) is 10.2. The second-order valence-electron chi connectivity index (χ2n) is 4.50. The van der Waals surface area contributed by atoms with Gasteiger partial charge in [0.15, 0.2) is 5.11 Å². The minimum Gasteiger partial charge on any atom is -0.331 e. The zero-order valence-corrected chi connectivity index (χ0v) is 15.3. The molecule has 114 valence electrons. The van der Waals surface area contributed by atoms with Gasteiger partial charge < -0.3 is 5.32 Å². The van der Waals surface area contributed by atoms with Crippen LogP contribution >= 0.6 is 51.3 Å². The van der Waals surface area contributed by atoms with E-state index in [4.69, 9.17) is 35.4 Å². The molecule has 0 aliphatic rings. The molecule has 3 nitrogen and oxygen atoms in total. The maximum atomic E-state index is 12.1. The molecule has 0 aliphatic carbocycles. The zero-order chi connectivity index (χ0) is 16.3. The summed E-state index contributed by atoms with van der Waals surface area (Å²) < 4.78 is 0.861. The highest BCUT2D eigenvalue weighted by Crippen LogP contribution is 2.25. The van der Waals surface area contributed by atoms with Crippen molar-refractivity contribution in [3.05, 3.63) is 62.0 Å². The lowest BCUT2D eigenvalue weighted by molar-refractivity contribution is 0.0977. The van der Waals surface area contributed by atoms with E-state index < -0.39 is 0 Å². The molecule has 22 heavy (non-hydrogen) atoms. The van der Waals surface area contributed by atoms with Gasteiger partial charge >= 0.3 is 0 Å². The third-order valence-corrected chi connectivity index (χ3v) is 4.45. The minimum absolute atomic E-state index is 0.158. The fourth-order valence-electron chi connectivity index (χ4n) is 1.65. The van der Waals surface area contributed by atoms with E-state index in [-0.39, 0.29) is 11.0 Å². The molecular weight excluding hydrogens is 407 g/mol. The molecule has 0 heterocycles. The Hall–Kier alpha value is -1.14. The molecule has 0 radical (unpaired) electrons. The molecule has 2 aromatic carbocycles. The minimum atomic E-state index is -0.303. The highest BCUT2D eigenvalue weighted by Gasteiger charge is 2.10. The van der Waals surface area contributed by atoms with Gasteiger partial charge in [-0.1, -0.05) is 45.2 Å². The Bertz CT molecular complexity index is 752. The number of benzene rings is 2. The van der Waals surface area contributed by atoms with Crippen molar-refractivity contribution in [2.45, 2.75) is 6.92 Å². The molecule has 0 saturated carbocycles. The SMILES string of the molecule is Cc1ccc(C(=O)NC(=S)Nc2ccc(Cl)cc2Cl)cc1Br. The quantitative estimate of drug-likeness (QED) is 0.660. The summed E-state index contributed by atoms with van der Waals surface area (Å²) in [4.78, 5) is 12.1. The fourth-order valence-corrected chi connectivity index (χ4v) is 2.69. The van der Waals surface area contributed by atoms with Crippen molar-refractivity contribution in [2.75, 3.05) is 5.32 Å². The Morgan fingerprint density at radius 3 is 2.55 bits per heavy atom. The number of amides is 1. The van der Waals surface area contributed by atoms with Crippen molar-refractivity contribution < 1.29 is 4.79 Å².